The Bertz CT molecular complexity index is 609. The first-order valence-corrected chi connectivity index (χ1v) is 12.3. The molecule has 1 heteroatoms. The van der Waals surface area contributed by atoms with E-state index < -0.39 is 8.07 Å². The molecule has 0 spiro atoms. The van der Waals surface area contributed by atoms with Gasteiger partial charge in [-0.1, -0.05) is 111 Å². The van der Waals surface area contributed by atoms with Gasteiger partial charge in [0, 0.05) is 12.8 Å². The van der Waals surface area contributed by atoms with Crippen molar-refractivity contribution >= 4 is 18.4 Å². The summed E-state index contributed by atoms with van der Waals surface area (Å²) in [4.78, 5) is 0. The molecule has 0 aliphatic rings. The van der Waals surface area contributed by atoms with Gasteiger partial charge in [-0.3, -0.25) is 0 Å². The summed E-state index contributed by atoms with van der Waals surface area (Å²) in [6, 6.07) is 25.2. The van der Waals surface area contributed by atoms with Crippen LogP contribution in [-0.2, 0) is 0 Å². The van der Waals surface area contributed by atoms with Crippen molar-refractivity contribution in [1.29, 1.82) is 0 Å². The summed E-state index contributed by atoms with van der Waals surface area (Å²) in [5.74, 6) is 6.69. The number of benzene rings is 2. The van der Waals surface area contributed by atoms with Crippen LogP contribution in [0.25, 0.3) is 0 Å². The van der Waals surface area contributed by atoms with E-state index in [0.717, 1.165) is 12.8 Å². The summed E-state index contributed by atoms with van der Waals surface area (Å²) in [5, 5.41) is 3.16. The first-order valence-electron chi connectivity index (χ1n) is 9.90. The summed E-state index contributed by atoms with van der Waals surface area (Å²) in [6.07, 6.45) is 7.33. The molecule has 0 N–H and O–H groups in total. The second kappa shape index (κ2) is 11.0. The van der Waals surface area contributed by atoms with Gasteiger partial charge in [0.05, 0.1) is 0 Å². The van der Waals surface area contributed by atoms with Gasteiger partial charge < -0.3 is 0 Å². The summed E-state index contributed by atoms with van der Waals surface area (Å²) in [6.45, 7) is 4.43. The van der Waals surface area contributed by atoms with Crippen LogP contribution in [0.15, 0.2) is 60.7 Å². The number of rotatable bonds is 9. The second-order valence-electron chi connectivity index (χ2n) is 6.83. The maximum absolute atomic E-state index is 3.42. The molecule has 2 aromatic carbocycles. The van der Waals surface area contributed by atoms with Crippen molar-refractivity contribution in [2.45, 2.75) is 64.5 Å². The monoisotopic (exact) mass is 348 g/mol. The highest BCUT2D eigenvalue weighted by Gasteiger charge is 2.35. The third-order valence-corrected chi connectivity index (χ3v) is 10.3. The highest BCUT2D eigenvalue weighted by molar-refractivity contribution is 7.02. The molecule has 0 saturated heterocycles. The summed E-state index contributed by atoms with van der Waals surface area (Å²) >= 11 is 0. The van der Waals surface area contributed by atoms with E-state index in [1.54, 1.807) is 10.4 Å². The van der Waals surface area contributed by atoms with Gasteiger partial charge in [0.15, 0.2) is 0 Å². The van der Waals surface area contributed by atoms with Crippen LogP contribution < -0.4 is 10.4 Å². The van der Waals surface area contributed by atoms with Crippen molar-refractivity contribution in [3.63, 3.8) is 0 Å². The van der Waals surface area contributed by atoms with Gasteiger partial charge in [-0.15, -0.1) is 11.8 Å². The molecular formula is C24H32Si. The van der Waals surface area contributed by atoms with Gasteiger partial charge >= 0.3 is 0 Å². The number of hydrogen-bond donors (Lipinski definition) is 0. The molecule has 25 heavy (non-hydrogen) atoms. The Morgan fingerprint density at radius 2 is 1.28 bits per heavy atom. The Hall–Kier alpha value is -1.78. The highest BCUT2D eigenvalue weighted by Crippen LogP contribution is 2.22. The van der Waals surface area contributed by atoms with Crippen LogP contribution in [0.2, 0.25) is 12.1 Å². The fourth-order valence-electron chi connectivity index (χ4n) is 3.73. The summed E-state index contributed by atoms with van der Waals surface area (Å²) < 4.78 is 0. The Morgan fingerprint density at radius 1 is 0.680 bits per heavy atom. The number of hydrogen-bond acceptors (Lipinski definition) is 0. The summed E-state index contributed by atoms with van der Waals surface area (Å²) in [5.41, 5.74) is 0. The largest absolute Gasteiger partial charge is 0.119 e. The van der Waals surface area contributed by atoms with Crippen molar-refractivity contribution in [3.8, 4) is 11.8 Å². The lowest BCUT2D eigenvalue weighted by Crippen LogP contribution is -2.58. The fraction of sp³-hybridized carbons (Fsp3) is 0.417. The van der Waals surface area contributed by atoms with Crippen LogP contribution in [0.3, 0.4) is 0 Å². The molecule has 0 atom stereocenters. The lowest BCUT2D eigenvalue weighted by Gasteiger charge is -2.33. The molecule has 0 unspecified atom stereocenters. The smallest absolute Gasteiger partial charge is 0.104 e. The SMILES string of the molecule is CCC#CCC[Si](CCCCCC)(c1ccccc1)c1ccccc1. The molecule has 0 fully saturated rings. The first-order chi connectivity index (χ1) is 12.3. The lowest BCUT2D eigenvalue weighted by molar-refractivity contribution is 0.697. The van der Waals surface area contributed by atoms with Crippen LogP contribution in [0.5, 0.6) is 0 Å². The molecule has 0 aliphatic carbocycles. The molecule has 132 valence electrons. The minimum atomic E-state index is -1.75. The molecule has 0 nitrogen and oxygen atoms in total. The molecule has 0 aliphatic heterocycles. The zero-order valence-electron chi connectivity index (χ0n) is 15.9. The zero-order chi connectivity index (χ0) is 17.8. The normalized spacial score (nSPS) is 11.0. The minimum absolute atomic E-state index is 0.960. The average molecular weight is 349 g/mol. The van der Waals surface area contributed by atoms with E-state index in [2.05, 4.69) is 86.4 Å². The minimum Gasteiger partial charge on any atom is -0.104 e. The molecule has 0 aromatic heterocycles. The van der Waals surface area contributed by atoms with Gasteiger partial charge in [0.1, 0.15) is 8.07 Å². The van der Waals surface area contributed by atoms with Crippen molar-refractivity contribution in [2.24, 2.45) is 0 Å². The molecule has 0 saturated carbocycles. The Balaban J connectivity index is 2.37. The topological polar surface area (TPSA) is 0 Å². The van der Waals surface area contributed by atoms with E-state index in [-0.39, 0.29) is 0 Å². The lowest BCUT2D eigenvalue weighted by atomic mass is 10.2. The van der Waals surface area contributed by atoms with Gasteiger partial charge in [0.25, 0.3) is 0 Å². The predicted octanol–water partition coefficient (Wildman–Crippen LogP) is 5.63. The fourth-order valence-corrected chi connectivity index (χ4v) is 8.53. The van der Waals surface area contributed by atoms with Crippen LogP contribution >= 0.6 is 0 Å². The summed E-state index contributed by atoms with van der Waals surface area (Å²) in [7, 11) is -1.75. The average Bonchev–Trinajstić information content (AvgIpc) is 2.68. The third-order valence-electron chi connectivity index (χ3n) is 5.09. The standard InChI is InChI=1S/C24H32Si/c1-3-5-7-15-21-25(22-16-8-6-4-2,23-17-11-9-12-18-23)24-19-13-10-14-20-24/h9-14,17-20H,3-5,7,15-16,21-22H2,1-2H3. The van der Waals surface area contributed by atoms with Crippen LogP contribution in [0.1, 0.15) is 52.4 Å². The quantitative estimate of drug-likeness (QED) is 0.313. The van der Waals surface area contributed by atoms with Gasteiger partial charge in [-0.25, -0.2) is 0 Å². The van der Waals surface area contributed by atoms with Gasteiger partial charge in [-0.05, 0) is 12.1 Å². The van der Waals surface area contributed by atoms with Crippen molar-refractivity contribution in [2.75, 3.05) is 0 Å². The zero-order valence-corrected chi connectivity index (χ0v) is 16.9. The van der Waals surface area contributed by atoms with Gasteiger partial charge in [-0.2, -0.15) is 0 Å². The predicted molar refractivity (Wildman–Crippen MR) is 114 cm³/mol. The maximum atomic E-state index is 3.42. The van der Waals surface area contributed by atoms with Crippen molar-refractivity contribution in [3.05, 3.63) is 60.7 Å². The highest BCUT2D eigenvalue weighted by atomic mass is 28.3. The maximum Gasteiger partial charge on any atom is 0.119 e. The van der Waals surface area contributed by atoms with Crippen LogP contribution in [0.4, 0.5) is 0 Å². The molecule has 2 rings (SSSR count). The van der Waals surface area contributed by atoms with E-state index in [1.807, 2.05) is 0 Å². The van der Waals surface area contributed by atoms with Crippen molar-refractivity contribution in [1.82, 2.24) is 0 Å². The van der Waals surface area contributed by atoms with E-state index in [9.17, 15) is 0 Å². The van der Waals surface area contributed by atoms with E-state index in [0.29, 0.717) is 0 Å². The Morgan fingerprint density at radius 3 is 1.80 bits per heavy atom. The first kappa shape index (κ1) is 19.5. The molecule has 2 aromatic rings. The van der Waals surface area contributed by atoms with Crippen molar-refractivity contribution < 1.29 is 0 Å². The molecule has 0 heterocycles. The molecule has 0 amide bonds. The third kappa shape index (κ3) is 5.61. The number of unbranched alkanes of at least 4 members (excludes halogenated alkanes) is 3. The molecular weight excluding hydrogens is 316 g/mol. The second-order valence-corrected chi connectivity index (χ2v) is 11.2. The van der Waals surface area contributed by atoms with Crippen LogP contribution in [0, 0.1) is 11.8 Å². The molecule has 0 bridgehead atoms. The van der Waals surface area contributed by atoms with E-state index >= 15 is 0 Å². The Labute approximate surface area is 155 Å². The Kier molecular flexibility index (Phi) is 8.56. The van der Waals surface area contributed by atoms with Crippen LogP contribution in [-0.4, -0.2) is 8.07 Å². The van der Waals surface area contributed by atoms with Gasteiger partial charge in [0.2, 0.25) is 0 Å². The van der Waals surface area contributed by atoms with E-state index in [4.69, 9.17) is 0 Å². The molecule has 0 radical (unpaired) electrons. The van der Waals surface area contributed by atoms with E-state index in [1.165, 1.54) is 37.8 Å².